The van der Waals surface area contributed by atoms with Gasteiger partial charge in [-0.15, -0.1) is 0 Å². The van der Waals surface area contributed by atoms with Crippen molar-refractivity contribution in [2.75, 3.05) is 18.5 Å². The SMILES string of the molecule is C=C(C)C(=O)OCCNC(=O)Nc1ccc(-c2ccc(-c3ccc(C(C)(C)C)cc3)o2)cc1. The van der Waals surface area contributed by atoms with Crippen LogP contribution in [0.5, 0.6) is 0 Å². The zero-order chi connectivity index (χ0) is 24.0. The van der Waals surface area contributed by atoms with Crippen LogP contribution in [0, 0.1) is 0 Å². The molecule has 2 amide bonds. The maximum absolute atomic E-state index is 12.0. The number of carbonyl (C=O) groups is 2. The normalized spacial score (nSPS) is 11.0. The molecule has 0 saturated carbocycles. The van der Waals surface area contributed by atoms with Crippen LogP contribution < -0.4 is 10.6 Å². The van der Waals surface area contributed by atoms with E-state index in [4.69, 9.17) is 9.15 Å². The second kappa shape index (κ2) is 10.2. The van der Waals surface area contributed by atoms with E-state index >= 15 is 0 Å². The summed E-state index contributed by atoms with van der Waals surface area (Å²) in [4.78, 5) is 23.3. The van der Waals surface area contributed by atoms with E-state index in [0.29, 0.717) is 11.3 Å². The quantitative estimate of drug-likeness (QED) is 0.259. The number of benzene rings is 2. The third-order valence-corrected chi connectivity index (χ3v) is 5.04. The Morgan fingerprint density at radius 2 is 1.45 bits per heavy atom. The summed E-state index contributed by atoms with van der Waals surface area (Å²) in [6.07, 6.45) is 0. The van der Waals surface area contributed by atoms with Crippen LogP contribution in [0.3, 0.4) is 0 Å². The number of ether oxygens (including phenoxy) is 1. The van der Waals surface area contributed by atoms with Crippen molar-refractivity contribution in [3.05, 3.63) is 78.4 Å². The maximum atomic E-state index is 12.0. The highest BCUT2D eigenvalue weighted by molar-refractivity contribution is 5.89. The van der Waals surface area contributed by atoms with Crippen molar-refractivity contribution in [1.82, 2.24) is 5.32 Å². The fraction of sp³-hybridized carbons (Fsp3) is 0.259. The van der Waals surface area contributed by atoms with Crippen LogP contribution in [0.1, 0.15) is 33.3 Å². The van der Waals surface area contributed by atoms with Gasteiger partial charge in [0.1, 0.15) is 18.1 Å². The van der Waals surface area contributed by atoms with E-state index in [9.17, 15) is 9.59 Å². The fourth-order valence-electron chi connectivity index (χ4n) is 3.11. The van der Waals surface area contributed by atoms with E-state index in [1.165, 1.54) is 5.56 Å². The number of urea groups is 1. The molecule has 3 aromatic rings. The highest BCUT2D eigenvalue weighted by Crippen LogP contribution is 2.31. The summed E-state index contributed by atoms with van der Waals surface area (Å²) in [5, 5.41) is 5.37. The minimum absolute atomic E-state index is 0.0812. The predicted octanol–water partition coefficient (Wildman–Crippen LogP) is 6.15. The zero-order valence-electron chi connectivity index (χ0n) is 19.5. The number of hydrogen-bond acceptors (Lipinski definition) is 4. The molecule has 6 nitrogen and oxygen atoms in total. The van der Waals surface area contributed by atoms with Gasteiger partial charge in [-0.25, -0.2) is 9.59 Å². The van der Waals surface area contributed by atoms with Gasteiger partial charge >= 0.3 is 12.0 Å². The number of carbonyl (C=O) groups excluding carboxylic acids is 2. The molecule has 0 saturated heterocycles. The van der Waals surface area contributed by atoms with Gasteiger partial charge in [0.15, 0.2) is 0 Å². The first-order valence-electron chi connectivity index (χ1n) is 10.8. The molecule has 0 unspecified atom stereocenters. The largest absolute Gasteiger partial charge is 0.460 e. The van der Waals surface area contributed by atoms with Crippen molar-refractivity contribution in [2.24, 2.45) is 0 Å². The predicted molar refractivity (Wildman–Crippen MR) is 131 cm³/mol. The molecule has 3 rings (SSSR count). The third kappa shape index (κ3) is 6.59. The first kappa shape index (κ1) is 23.9. The molecule has 6 heteroatoms. The first-order valence-corrected chi connectivity index (χ1v) is 10.8. The zero-order valence-corrected chi connectivity index (χ0v) is 19.5. The third-order valence-electron chi connectivity index (χ3n) is 5.04. The number of rotatable bonds is 7. The molecule has 2 N–H and O–H groups in total. The highest BCUT2D eigenvalue weighted by atomic mass is 16.5. The van der Waals surface area contributed by atoms with Crippen LogP contribution in [0.2, 0.25) is 0 Å². The number of amides is 2. The van der Waals surface area contributed by atoms with Crippen molar-refractivity contribution in [2.45, 2.75) is 33.1 Å². The minimum atomic E-state index is -0.476. The van der Waals surface area contributed by atoms with Crippen molar-refractivity contribution < 1.29 is 18.7 Å². The molecule has 2 aromatic carbocycles. The van der Waals surface area contributed by atoms with Gasteiger partial charge in [-0.1, -0.05) is 51.6 Å². The Bertz CT molecular complexity index is 1120. The van der Waals surface area contributed by atoms with Crippen molar-refractivity contribution in [1.29, 1.82) is 0 Å². The number of esters is 1. The molecule has 0 radical (unpaired) electrons. The van der Waals surface area contributed by atoms with Crippen LogP contribution in [0.4, 0.5) is 10.5 Å². The monoisotopic (exact) mass is 446 g/mol. The van der Waals surface area contributed by atoms with Gasteiger partial charge in [0.05, 0.1) is 6.54 Å². The van der Waals surface area contributed by atoms with Gasteiger partial charge in [-0.2, -0.15) is 0 Å². The summed E-state index contributed by atoms with van der Waals surface area (Å²) in [7, 11) is 0. The van der Waals surface area contributed by atoms with Crippen LogP contribution in [-0.2, 0) is 14.9 Å². The van der Waals surface area contributed by atoms with E-state index in [1.807, 2.05) is 24.3 Å². The fourth-order valence-corrected chi connectivity index (χ4v) is 3.11. The Hall–Kier alpha value is -3.80. The van der Waals surface area contributed by atoms with Gasteiger partial charge in [-0.05, 0) is 54.3 Å². The molecule has 1 aromatic heterocycles. The topological polar surface area (TPSA) is 80.6 Å². The van der Waals surface area contributed by atoms with Crippen LogP contribution in [0.15, 0.2) is 77.2 Å². The molecule has 0 bridgehead atoms. The Balaban J connectivity index is 1.55. The summed E-state index contributed by atoms with van der Waals surface area (Å²) in [5.74, 6) is 1.08. The Morgan fingerprint density at radius 3 is 1.97 bits per heavy atom. The average Bonchev–Trinajstić information content (AvgIpc) is 3.27. The summed E-state index contributed by atoms with van der Waals surface area (Å²) in [5.41, 5.74) is 4.28. The molecule has 1 heterocycles. The second-order valence-corrected chi connectivity index (χ2v) is 8.87. The summed E-state index contributed by atoms with van der Waals surface area (Å²) < 4.78 is 11.0. The van der Waals surface area contributed by atoms with E-state index in [0.717, 1.165) is 22.6 Å². The highest BCUT2D eigenvalue weighted by Gasteiger charge is 2.14. The average molecular weight is 447 g/mol. The van der Waals surface area contributed by atoms with Crippen molar-refractivity contribution in [3.63, 3.8) is 0 Å². The molecule has 0 spiro atoms. The lowest BCUT2D eigenvalue weighted by atomic mass is 9.86. The lowest BCUT2D eigenvalue weighted by Gasteiger charge is -2.18. The van der Waals surface area contributed by atoms with Crippen LogP contribution in [-0.4, -0.2) is 25.2 Å². The standard InChI is InChI=1S/C27H30N2O4/c1-18(2)25(30)32-17-16-28-26(31)29-22-12-8-20(9-13-22)24-15-14-23(33-24)19-6-10-21(11-7-19)27(3,4)5/h6-15H,1,16-17H2,2-5H3,(H2,28,29,31). The van der Waals surface area contributed by atoms with E-state index in [1.54, 1.807) is 19.1 Å². The van der Waals surface area contributed by atoms with E-state index < -0.39 is 5.97 Å². The lowest BCUT2D eigenvalue weighted by Crippen LogP contribution is -2.32. The van der Waals surface area contributed by atoms with Crippen molar-refractivity contribution in [3.8, 4) is 22.6 Å². The first-order chi connectivity index (χ1) is 15.6. The summed E-state index contributed by atoms with van der Waals surface area (Å²) in [6.45, 7) is 11.9. The van der Waals surface area contributed by atoms with Gasteiger partial charge < -0.3 is 19.8 Å². The molecule has 0 fully saturated rings. The molecule has 33 heavy (non-hydrogen) atoms. The van der Waals surface area contributed by atoms with Crippen LogP contribution >= 0.6 is 0 Å². The van der Waals surface area contributed by atoms with E-state index in [-0.39, 0.29) is 24.6 Å². The Labute approximate surface area is 194 Å². The number of anilines is 1. The number of furan rings is 1. The summed E-state index contributed by atoms with van der Waals surface area (Å²) in [6, 6.07) is 19.3. The van der Waals surface area contributed by atoms with Gasteiger partial charge in [0.25, 0.3) is 0 Å². The maximum Gasteiger partial charge on any atom is 0.333 e. The smallest absolute Gasteiger partial charge is 0.333 e. The molecule has 0 aliphatic carbocycles. The minimum Gasteiger partial charge on any atom is -0.460 e. The Kier molecular flexibility index (Phi) is 7.38. The van der Waals surface area contributed by atoms with Crippen molar-refractivity contribution >= 4 is 17.7 Å². The molecule has 0 aliphatic rings. The Morgan fingerprint density at radius 1 is 0.909 bits per heavy atom. The van der Waals surface area contributed by atoms with Gasteiger partial charge in [0, 0.05) is 22.4 Å². The second-order valence-electron chi connectivity index (χ2n) is 8.87. The molecular weight excluding hydrogens is 416 g/mol. The van der Waals surface area contributed by atoms with Crippen LogP contribution in [0.25, 0.3) is 22.6 Å². The van der Waals surface area contributed by atoms with E-state index in [2.05, 4.69) is 62.2 Å². The molecule has 172 valence electrons. The van der Waals surface area contributed by atoms with Gasteiger partial charge in [-0.3, -0.25) is 0 Å². The van der Waals surface area contributed by atoms with Gasteiger partial charge in [0.2, 0.25) is 0 Å². The summed E-state index contributed by atoms with van der Waals surface area (Å²) >= 11 is 0. The number of hydrogen-bond donors (Lipinski definition) is 2. The lowest BCUT2D eigenvalue weighted by molar-refractivity contribution is -0.138. The molecule has 0 aliphatic heterocycles. The molecule has 0 atom stereocenters. The molecular formula is C27H30N2O4. The number of nitrogens with one attached hydrogen (secondary N) is 2.